The molecule has 40 heavy (non-hydrogen) atoms. The van der Waals surface area contributed by atoms with Crippen molar-refractivity contribution in [3.05, 3.63) is 64.5 Å². The number of rotatable bonds is 6. The van der Waals surface area contributed by atoms with Crippen LogP contribution in [0.3, 0.4) is 0 Å². The van der Waals surface area contributed by atoms with Gasteiger partial charge in [-0.1, -0.05) is 18.2 Å². The zero-order valence-corrected chi connectivity index (χ0v) is 22.0. The van der Waals surface area contributed by atoms with Crippen LogP contribution in [0.4, 0.5) is 10.1 Å². The first-order valence-corrected chi connectivity index (χ1v) is 13.8. The number of hydrogen-bond acceptors (Lipinski definition) is 7. The second kappa shape index (κ2) is 10.3. The molecule has 4 N–H and O–H groups in total. The van der Waals surface area contributed by atoms with E-state index in [0.29, 0.717) is 17.8 Å². The van der Waals surface area contributed by atoms with Gasteiger partial charge in [-0.2, -0.15) is 0 Å². The molecule has 4 heterocycles. The Labute approximate surface area is 230 Å². The minimum absolute atomic E-state index is 0.0987. The summed E-state index contributed by atoms with van der Waals surface area (Å²) in [5.41, 5.74) is 1.75. The Morgan fingerprint density at radius 2 is 1.82 bits per heavy atom. The van der Waals surface area contributed by atoms with Crippen molar-refractivity contribution in [3.8, 4) is 0 Å². The van der Waals surface area contributed by atoms with Gasteiger partial charge in [0.25, 0.3) is 11.8 Å². The van der Waals surface area contributed by atoms with Crippen molar-refractivity contribution in [1.29, 1.82) is 0 Å². The molecule has 0 aromatic heterocycles. The van der Waals surface area contributed by atoms with E-state index in [1.165, 1.54) is 12.1 Å². The molecule has 2 aromatic rings. The van der Waals surface area contributed by atoms with Gasteiger partial charge in [0.05, 0.1) is 16.5 Å². The average Bonchev–Trinajstić information content (AvgIpc) is 3.41. The predicted molar refractivity (Wildman–Crippen MR) is 142 cm³/mol. The molecular weight excluding hydrogens is 517 g/mol. The van der Waals surface area contributed by atoms with Crippen LogP contribution in [0.15, 0.2) is 36.4 Å². The number of benzene rings is 2. The van der Waals surface area contributed by atoms with Crippen molar-refractivity contribution in [2.24, 2.45) is 5.41 Å². The number of carbonyl (C=O) groups excluding carboxylic acids is 4. The van der Waals surface area contributed by atoms with Gasteiger partial charge < -0.3 is 21.1 Å². The number of halogens is 1. The Kier molecular flexibility index (Phi) is 6.79. The molecule has 0 bridgehead atoms. The number of fused-ring (bicyclic) bond motifs is 1. The summed E-state index contributed by atoms with van der Waals surface area (Å²) >= 11 is 0. The molecule has 2 unspecified atom stereocenters. The normalized spacial score (nSPS) is 24.3. The van der Waals surface area contributed by atoms with E-state index < -0.39 is 30.0 Å². The summed E-state index contributed by atoms with van der Waals surface area (Å²) in [4.78, 5) is 54.2. The van der Waals surface area contributed by atoms with Crippen LogP contribution in [-0.4, -0.2) is 70.4 Å². The van der Waals surface area contributed by atoms with Gasteiger partial charge in [-0.15, -0.1) is 0 Å². The zero-order valence-electron chi connectivity index (χ0n) is 22.0. The van der Waals surface area contributed by atoms with E-state index in [4.69, 9.17) is 0 Å². The molecular formula is C29H32FN5O5. The minimum atomic E-state index is -0.996. The summed E-state index contributed by atoms with van der Waals surface area (Å²) in [6, 6.07) is 8.95. The highest BCUT2D eigenvalue weighted by Crippen LogP contribution is 2.38. The van der Waals surface area contributed by atoms with Crippen molar-refractivity contribution in [1.82, 2.24) is 20.4 Å². The quantitative estimate of drug-likeness (QED) is 0.404. The number of aliphatic hydroxyl groups excluding tert-OH is 1. The summed E-state index contributed by atoms with van der Waals surface area (Å²) in [5.74, 6) is -1.93. The van der Waals surface area contributed by atoms with Crippen molar-refractivity contribution in [2.75, 3.05) is 25.0 Å². The number of amides is 4. The predicted octanol–water partition coefficient (Wildman–Crippen LogP) is 1.73. The van der Waals surface area contributed by atoms with Crippen LogP contribution in [-0.2, 0) is 22.7 Å². The first kappa shape index (κ1) is 26.4. The lowest BCUT2D eigenvalue weighted by Crippen LogP contribution is -2.55. The number of likely N-dealkylation sites (tertiary alicyclic amines) is 1. The second-order valence-electron chi connectivity index (χ2n) is 11.2. The SMILES string of the molecule is O=C1NC(O)CCC1N1C(=O)c2cccc(NCc3ccc(CN4CCC5(CCNC5=O)CC4)cc3F)c2C1=O. The Hall–Kier alpha value is -3.83. The number of anilines is 1. The van der Waals surface area contributed by atoms with E-state index in [9.17, 15) is 24.3 Å². The highest BCUT2D eigenvalue weighted by atomic mass is 19.1. The lowest BCUT2D eigenvalue weighted by Gasteiger charge is -2.37. The van der Waals surface area contributed by atoms with Gasteiger partial charge in [0, 0.05) is 30.9 Å². The van der Waals surface area contributed by atoms with Gasteiger partial charge in [-0.25, -0.2) is 4.39 Å². The van der Waals surface area contributed by atoms with Crippen LogP contribution >= 0.6 is 0 Å². The van der Waals surface area contributed by atoms with E-state index in [2.05, 4.69) is 20.9 Å². The Bertz CT molecular complexity index is 1390. The van der Waals surface area contributed by atoms with Crippen LogP contribution < -0.4 is 16.0 Å². The smallest absolute Gasteiger partial charge is 0.264 e. The van der Waals surface area contributed by atoms with Crippen molar-refractivity contribution >= 4 is 29.3 Å². The van der Waals surface area contributed by atoms with Crippen molar-refractivity contribution in [3.63, 3.8) is 0 Å². The molecule has 4 amide bonds. The van der Waals surface area contributed by atoms with Crippen LogP contribution in [0.2, 0.25) is 0 Å². The first-order valence-electron chi connectivity index (χ1n) is 13.8. The van der Waals surface area contributed by atoms with Crippen molar-refractivity contribution in [2.45, 2.75) is 57.5 Å². The Morgan fingerprint density at radius 3 is 2.52 bits per heavy atom. The van der Waals surface area contributed by atoms with Crippen molar-refractivity contribution < 1.29 is 28.7 Å². The fourth-order valence-electron chi connectivity index (χ4n) is 6.37. The van der Waals surface area contributed by atoms with Crippen LogP contribution in [0, 0.1) is 11.2 Å². The molecule has 0 radical (unpaired) electrons. The fourth-order valence-corrected chi connectivity index (χ4v) is 6.37. The molecule has 1 spiro atoms. The lowest BCUT2D eigenvalue weighted by molar-refractivity contribution is -0.131. The summed E-state index contributed by atoms with van der Waals surface area (Å²) in [6.45, 7) is 3.04. The molecule has 210 valence electrons. The zero-order chi connectivity index (χ0) is 28.0. The third-order valence-electron chi connectivity index (χ3n) is 8.76. The molecule has 4 aliphatic rings. The number of carbonyl (C=O) groups is 4. The highest BCUT2D eigenvalue weighted by Gasteiger charge is 2.46. The number of imide groups is 1. The fraction of sp³-hybridized carbons (Fsp3) is 0.448. The lowest BCUT2D eigenvalue weighted by atomic mass is 9.77. The number of hydrogen-bond donors (Lipinski definition) is 4. The number of aliphatic hydroxyl groups is 1. The molecule has 0 saturated carbocycles. The maximum atomic E-state index is 15.1. The first-order chi connectivity index (χ1) is 19.3. The topological polar surface area (TPSA) is 131 Å². The molecule has 2 atom stereocenters. The average molecular weight is 550 g/mol. The van der Waals surface area contributed by atoms with E-state index >= 15 is 4.39 Å². The van der Waals surface area contributed by atoms with E-state index in [1.807, 2.05) is 6.07 Å². The van der Waals surface area contributed by atoms with E-state index in [0.717, 1.165) is 49.4 Å². The number of piperidine rings is 2. The molecule has 0 aliphatic carbocycles. The van der Waals surface area contributed by atoms with Crippen LogP contribution in [0.1, 0.15) is 63.9 Å². The summed E-state index contributed by atoms with van der Waals surface area (Å²) in [6.07, 6.45) is 1.93. The summed E-state index contributed by atoms with van der Waals surface area (Å²) in [5, 5.41) is 18.1. The summed E-state index contributed by atoms with van der Waals surface area (Å²) in [7, 11) is 0. The molecule has 2 aromatic carbocycles. The summed E-state index contributed by atoms with van der Waals surface area (Å²) < 4.78 is 15.1. The largest absolute Gasteiger partial charge is 0.380 e. The van der Waals surface area contributed by atoms with Crippen LogP contribution in [0.25, 0.3) is 0 Å². The van der Waals surface area contributed by atoms with E-state index in [1.54, 1.807) is 18.2 Å². The van der Waals surface area contributed by atoms with Gasteiger partial charge in [-0.05, 0) is 69.0 Å². The molecule has 4 aliphatic heterocycles. The molecule has 3 fully saturated rings. The molecule has 3 saturated heterocycles. The van der Waals surface area contributed by atoms with Crippen LogP contribution in [0.5, 0.6) is 0 Å². The monoisotopic (exact) mass is 549 g/mol. The van der Waals surface area contributed by atoms with Gasteiger partial charge in [0.2, 0.25) is 11.8 Å². The Morgan fingerprint density at radius 1 is 1.02 bits per heavy atom. The maximum absolute atomic E-state index is 15.1. The second-order valence-corrected chi connectivity index (χ2v) is 11.2. The third kappa shape index (κ3) is 4.62. The maximum Gasteiger partial charge on any atom is 0.264 e. The van der Waals surface area contributed by atoms with Gasteiger partial charge >= 0.3 is 0 Å². The van der Waals surface area contributed by atoms with Gasteiger partial charge in [-0.3, -0.25) is 29.0 Å². The standard InChI is InChI=1S/C29H32FN5O5/c30-20-14-17(16-34-12-9-29(10-13-34)8-11-31-28(29)40)4-5-18(20)15-32-21-3-1-2-19-24(21)27(39)35(26(19)38)22-6-7-23(36)33-25(22)37/h1-5,14,22-23,32,36H,6-13,15-16H2,(H,31,40)(H,33,37). The highest BCUT2D eigenvalue weighted by molar-refractivity contribution is 6.25. The molecule has 11 heteroatoms. The van der Waals surface area contributed by atoms with Gasteiger partial charge in [0.15, 0.2) is 0 Å². The van der Waals surface area contributed by atoms with Gasteiger partial charge in [0.1, 0.15) is 18.1 Å². The molecule has 6 rings (SSSR count). The van der Waals surface area contributed by atoms with E-state index in [-0.39, 0.29) is 47.7 Å². The minimum Gasteiger partial charge on any atom is -0.380 e. The number of nitrogens with zero attached hydrogens (tertiary/aromatic N) is 2. The molecule has 10 nitrogen and oxygen atoms in total. The number of nitrogens with one attached hydrogen (secondary N) is 3. The Balaban J connectivity index is 1.10. The third-order valence-corrected chi connectivity index (χ3v) is 8.76.